The lowest BCUT2D eigenvalue weighted by Crippen LogP contribution is -2.46. The van der Waals surface area contributed by atoms with Crippen molar-refractivity contribution < 1.29 is 27.1 Å². The van der Waals surface area contributed by atoms with Gasteiger partial charge in [0, 0.05) is 18.7 Å². The molecule has 0 fully saturated rings. The molecule has 4 rings (SSSR count). The minimum atomic E-state index is -1.61. The topological polar surface area (TPSA) is 57.2 Å². The van der Waals surface area contributed by atoms with Gasteiger partial charge in [-0.1, -0.05) is 31.5 Å². The van der Waals surface area contributed by atoms with Crippen LogP contribution in [0, 0.1) is 23.3 Å². The van der Waals surface area contributed by atoms with E-state index in [9.17, 15) is 22.4 Å². The molecule has 2 aliphatic heterocycles. The molecule has 6 nitrogen and oxygen atoms in total. The lowest BCUT2D eigenvalue weighted by molar-refractivity contribution is -0.144. The molecule has 186 valence electrons. The number of hydrogen-bond donors (Lipinski definition) is 1. The molecule has 0 spiro atoms. The third kappa shape index (κ3) is 5.18. The van der Waals surface area contributed by atoms with Gasteiger partial charge in [0.25, 0.3) is 0 Å². The molecule has 0 aliphatic carbocycles. The molecular formula is C24H23ClF4N4O2. The zero-order chi connectivity index (χ0) is 25.9. The van der Waals surface area contributed by atoms with Crippen LogP contribution in [0.15, 0.2) is 59.1 Å². The van der Waals surface area contributed by atoms with Crippen LogP contribution in [0.2, 0.25) is 5.02 Å². The van der Waals surface area contributed by atoms with Crippen LogP contribution in [0.1, 0.15) is 26.3 Å². The number of benzene rings is 2. The van der Waals surface area contributed by atoms with E-state index in [-0.39, 0.29) is 40.2 Å². The van der Waals surface area contributed by atoms with E-state index in [1.807, 2.05) is 13.8 Å². The number of hydrogen-bond acceptors (Lipinski definition) is 6. The zero-order valence-electron chi connectivity index (χ0n) is 19.4. The number of ether oxygens (including phenoxy) is 1. The van der Waals surface area contributed by atoms with Crippen LogP contribution in [0.25, 0.3) is 0 Å². The quantitative estimate of drug-likeness (QED) is 0.336. The molecule has 2 aromatic carbocycles. The number of esters is 1. The fourth-order valence-electron chi connectivity index (χ4n) is 3.45. The summed E-state index contributed by atoms with van der Waals surface area (Å²) in [6.45, 7) is 5.80. The summed E-state index contributed by atoms with van der Waals surface area (Å²) in [4.78, 5) is 18.0. The summed E-state index contributed by atoms with van der Waals surface area (Å²) in [5, 5.41) is 1.50. The Kier molecular flexibility index (Phi) is 8.18. The van der Waals surface area contributed by atoms with Crippen molar-refractivity contribution in [2.75, 3.05) is 18.6 Å². The third-order valence-electron chi connectivity index (χ3n) is 4.98. The fraction of sp³-hybridized carbons (Fsp3) is 0.250. The molecule has 0 amide bonds. The average molecular weight is 511 g/mol. The smallest absolute Gasteiger partial charge is 0.329 e. The predicted molar refractivity (Wildman–Crippen MR) is 126 cm³/mol. The molecule has 1 atom stereocenters. The largest absolute Gasteiger partial charge is 0.465 e. The minimum absolute atomic E-state index is 0.0175. The number of nitrogens with one attached hydrogen (secondary N) is 1. The highest BCUT2D eigenvalue weighted by molar-refractivity contribution is 6.33. The van der Waals surface area contributed by atoms with E-state index < -0.39 is 35.3 Å². The summed E-state index contributed by atoms with van der Waals surface area (Å²) in [7, 11) is 1.52. The van der Waals surface area contributed by atoms with Crippen LogP contribution in [-0.2, 0) is 9.53 Å². The second kappa shape index (κ2) is 10.9. The van der Waals surface area contributed by atoms with Gasteiger partial charge in [-0.25, -0.2) is 37.8 Å². The van der Waals surface area contributed by atoms with Gasteiger partial charge in [-0.2, -0.15) is 0 Å². The van der Waals surface area contributed by atoms with Crippen molar-refractivity contribution in [3.63, 3.8) is 0 Å². The maximum absolute atomic E-state index is 14.6. The van der Waals surface area contributed by atoms with E-state index in [1.54, 1.807) is 6.92 Å². The van der Waals surface area contributed by atoms with E-state index in [0.717, 1.165) is 12.1 Å². The van der Waals surface area contributed by atoms with Crippen LogP contribution in [0.4, 0.5) is 23.2 Å². The van der Waals surface area contributed by atoms with Gasteiger partial charge in [-0.3, -0.25) is 0 Å². The third-order valence-corrected chi connectivity index (χ3v) is 5.28. The number of carbonyl (C=O) groups is 1. The number of fused-ring (bicyclic) bond motifs is 1. The number of carbonyl (C=O) groups excluding carboxylic acids is 1. The van der Waals surface area contributed by atoms with Crippen molar-refractivity contribution in [2.45, 2.75) is 26.8 Å². The van der Waals surface area contributed by atoms with Crippen molar-refractivity contribution in [2.24, 2.45) is 4.99 Å². The van der Waals surface area contributed by atoms with E-state index in [4.69, 9.17) is 16.3 Å². The molecule has 0 aromatic heterocycles. The standard InChI is InChI=1S/C22H17ClF4N4O2.C2H6/c1-3-33-22(32)17-9-18-28-16(11-7-14(25)20(27)15(26)8-11)10-19(31(18)29-17)30(2)21-12(23)5-4-6-13(21)24;1-2/h4-10,17,29H,3H2,1-2H3;1-2H3. The minimum Gasteiger partial charge on any atom is -0.465 e. The van der Waals surface area contributed by atoms with Gasteiger partial charge in [-0.05, 0) is 37.3 Å². The number of para-hydroxylation sites is 1. The van der Waals surface area contributed by atoms with Crippen molar-refractivity contribution >= 4 is 29.0 Å². The summed E-state index contributed by atoms with van der Waals surface area (Å²) in [6.07, 6.45) is 2.84. The number of halogens is 5. The van der Waals surface area contributed by atoms with E-state index in [1.165, 1.54) is 47.3 Å². The predicted octanol–water partition coefficient (Wildman–Crippen LogP) is 5.30. The summed E-state index contributed by atoms with van der Waals surface area (Å²) in [6, 6.07) is 4.83. The Morgan fingerprint density at radius 3 is 2.43 bits per heavy atom. The molecule has 2 aromatic rings. The summed E-state index contributed by atoms with van der Waals surface area (Å²) in [5.74, 6) is -5.18. The molecule has 0 bridgehead atoms. The van der Waals surface area contributed by atoms with Gasteiger partial charge in [0.15, 0.2) is 17.5 Å². The van der Waals surface area contributed by atoms with Crippen LogP contribution < -0.4 is 10.3 Å². The molecule has 1 unspecified atom stereocenters. The average Bonchev–Trinajstić information content (AvgIpc) is 3.27. The van der Waals surface area contributed by atoms with Crippen LogP contribution in [-0.4, -0.2) is 36.4 Å². The molecule has 2 heterocycles. The highest BCUT2D eigenvalue weighted by Gasteiger charge is 2.36. The maximum atomic E-state index is 14.6. The van der Waals surface area contributed by atoms with Crippen molar-refractivity contribution in [3.8, 4) is 0 Å². The number of aliphatic imine (C=N–C) groups is 1. The Bertz CT molecular complexity index is 1190. The first-order chi connectivity index (χ1) is 16.7. The lowest BCUT2D eigenvalue weighted by Gasteiger charge is -2.34. The number of anilines is 1. The summed E-state index contributed by atoms with van der Waals surface area (Å²) in [5.41, 5.74) is 2.91. The normalized spacial score (nSPS) is 16.4. The molecule has 2 aliphatic rings. The SMILES string of the molecule is CC.CCOC(=O)C1C=C2N=C(c3cc(F)c(F)c(F)c3)C=C(N(C)c3c(F)cccc3Cl)N2N1. The van der Waals surface area contributed by atoms with Crippen LogP contribution in [0.5, 0.6) is 0 Å². The van der Waals surface area contributed by atoms with E-state index in [0.29, 0.717) is 0 Å². The Balaban J connectivity index is 0.00000167. The molecular weight excluding hydrogens is 488 g/mol. The molecule has 35 heavy (non-hydrogen) atoms. The first-order valence-corrected chi connectivity index (χ1v) is 11.2. The summed E-state index contributed by atoms with van der Waals surface area (Å²) < 4.78 is 60.9. The van der Waals surface area contributed by atoms with Crippen LogP contribution in [0.3, 0.4) is 0 Å². The van der Waals surface area contributed by atoms with Gasteiger partial charge < -0.3 is 9.64 Å². The van der Waals surface area contributed by atoms with Crippen molar-refractivity contribution in [1.29, 1.82) is 0 Å². The van der Waals surface area contributed by atoms with Gasteiger partial charge in [-0.15, -0.1) is 0 Å². The monoisotopic (exact) mass is 510 g/mol. The number of allylic oxidation sites excluding steroid dienone is 1. The summed E-state index contributed by atoms with van der Waals surface area (Å²) >= 11 is 6.21. The molecule has 11 heteroatoms. The van der Waals surface area contributed by atoms with Gasteiger partial charge >= 0.3 is 5.97 Å². The molecule has 0 radical (unpaired) electrons. The zero-order valence-corrected chi connectivity index (χ0v) is 20.1. The van der Waals surface area contributed by atoms with E-state index >= 15 is 0 Å². The Hall–Kier alpha value is -3.37. The Morgan fingerprint density at radius 1 is 1.17 bits per heavy atom. The van der Waals surface area contributed by atoms with Gasteiger partial charge in [0.05, 0.1) is 23.0 Å². The number of nitrogens with zero attached hydrogens (tertiary/aromatic N) is 3. The fourth-order valence-corrected chi connectivity index (χ4v) is 3.74. The van der Waals surface area contributed by atoms with Crippen molar-refractivity contribution in [1.82, 2.24) is 10.4 Å². The number of hydrazine groups is 1. The highest BCUT2D eigenvalue weighted by atomic mass is 35.5. The van der Waals surface area contributed by atoms with Gasteiger partial charge in [0.1, 0.15) is 23.5 Å². The first-order valence-electron chi connectivity index (χ1n) is 10.8. The van der Waals surface area contributed by atoms with Gasteiger partial charge in [0.2, 0.25) is 0 Å². The molecule has 1 N–H and O–H groups in total. The lowest BCUT2D eigenvalue weighted by atomic mass is 10.1. The molecule has 0 saturated carbocycles. The second-order valence-corrected chi connectivity index (χ2v) is 7.51. The Labute approximate surface area is 205 Å². The second-order valence-electron chi connectivity index (χ2n) is 7.10. The molecule has 0 saturated heterocycles. The maximum Gasteiger partial charge on any atom is 0.329 e. The Morgan fingerprint density at radius 2 is 1.83 bits per heavy atom. The first kappa shape index (κ1) is 26.2. The highest BCUT2D eigenvalue weighted by Crippen LogP contribution is 2.35. The van der Waals surface area contributed by atoms with E-state index in [2.05, 4.69) is 10.4 Å². The van der Waals surface area contributed by atoms with Crippen molar-refractivity contribution in [3.05, 3.63) is 88.0 Å². The van der Waals surface area contributed by atoms with Crippen LogP contribution >= 0.6 is 11.6 Å². The number of rotatable bonds is 5.